The van der Waals surface area contributed by atoms with Crippen LogP contribution in [0.2, 0.25) is 0 Å². The summed E-state index contributed by atoms with van der Waals surface area (Å²) < 4.78 is 0. The Kier molecular flexibility index (Phi) is 6.01. The van der Waals surface area contributed by atoms with Gasteiger partial charge in [0, 0.05) is 26.3 Å². The van der Waals surface area contributed by atoms with Crippen LogP contribution in [0.25, 0.3) is 0 Å². The van der Waals surface area contributed by atoms with E-state index >= 15 is 0 Å². The van der Waals surface area contributed by atoms with Crippen molar-refractivity contribution in [1.29, 1.82) is 0 Å². The molecule has 0 radical (unpaired) electrons. The summed E-state index contributed by atoms with van der Waals surface area (Å²) in [5.74, 6) is 2.31. The molecule has 0 N–H and O–H groups in total. The molecule has 16 heavy (non-hydrogen) atoms. The molecule has 0 aliphatic carbocycles. The van der Waals surface area contributed by atoms with Crippen molar-refractivity contribution in [3.63, 3.8) is 0 Å². The van der Waals surface area contributed by atoms with E-state index in [1.54, 1.807) is 19.0 Å². The number of carbonyl (C=O) groups excluding carboxylic acids is 1. The number of benzene rings is 1. The van der Waals surface area contributed by atoms with E-state index in [9.17, 15) is 4.79 Å². The molecule has 0 saturated heterocycles. The Hall–Kier alpha value is -0.960. The smallest absolute Gasteiger partial charge is 0.222 e. The lowest BCUT2D eigenvalue weighted by Gasteiger charge is -2.09. The van der Waals surface area contributed by atoms with Gasteiger partial charge in [0.05, 0.1) is 0 Å². The van der Waals surface area contributed by atoms with Crippen LogP contribution < -0.4 is 0 Å². The minimum Gasteiger partial charge on any atom is -0.349 e. The van der Waals surface area contributed by atoms with Gasteiger partial charge in [0.1, 0.15) is 0 Å². The van der Waals surface area contributed by atoms with Crippen LogP contribution in [0.15, 0.2) is 30.3 Å². The van der Waals surface area contributed by atoms with Gasteiger partial charge in [-0.3, -0.25) is 4.79 Å². The van der Waals surface area contributed by atoms with Gasteiger partial charge in [0.25, 0.3) is 0 Å². The Morgan fingerprint density at radius 3 is 2.56 bits per heavy atom. The highest BCUT2D eigenvalue weighted by molar-refractivity contribution is 7.98. The summed E-state index contributed by atoms with van der Waals surface area (Å²) in [6.45, 7) is 0. The normalized spacial score (nSPS) is 10.1. The van der Waals surface area contributed by atoms with Crippen LogP contribution in [0.4, 0.5) is 0 Å². The van der Waals surface area contributed by atoms with Gasteiger partial charge in [-0.15, -0.1) is 0 Å². The van der Waals surface area contributed by atoms with Gasteiger partial charge in [-0.25, -0.2) is 0 Å². The molecule has 0 spiro atoms. The second-order valence-corrected chi connectivity index (χ2v) is 5.04. The van der Waals surface area contributed by atoms with Gasteiger partial charge in [0.2, 0.25) is 5.91 Å². The molecule has 1 aromatic rings. The number of nitrogens with zero attached hydrogens (tertiary/aromatic N) is 1. The first-order chi connectivity index (χ1) is 7.70. The lowest BCUT2D eigenvalue weighted by molar-refractivity contribution is -0.128. The average molecular weight is 237 g/mol. The maximum atomic E-state index is 11.3. The molecule has 0 aliphatic rings. The van der Waals surface area contributed by atoms with Crippen molar-refractivity contribution in [1.82, 2.24) is 4.90 Å². The summed E-state index contributed by atoms with van der Waals surface area (Å²) in [5.41, 5.74) is 1.35. The molecule has 0 saturated carbocycles. The zero-order chi connectivity index (χ0) is 11.8. The van der Waals surface area contributed by atoms with Crippen LogP contribution in [0.1, 0.15) is 18.4 Å². The number of thioether (sulfide) groups is 1. The topological polar surface area (TPSA) is 20.3 Å². The maximum absolute atomic E-state index is 11.3. The van der Waals surface area contributed by atoms with Crippen LogP contribution in [-0.4, -0.2) is 30.7 Å². The zero-order valence-corrected chi connectivity index (χ0v) is 10.8. The fourth-order valence-electron chi connectivity index (χ4n) is 1.31. The molecule has 0 fully saturated rings. The Labute approximate surface area is 102 Å². The Morgan fingerprint density at radius 1 is 1.25 bits per heavy atom. The third-order valence-corrected chi connectivity index (χ3v) is 3.40. The number of rotatable bonds is 6. The van der Waals surface area contributed by atoms with Crippen LogP contribution in [0.5, 0.6) is 0 Å². The van der Waals surface area contributed by atoms with Gasteiger partial charge >= 0.3 is 0 Å². The molecular weight excluding hydrogens is 218 g/mol. The minimum atomic E-state index is 0.223. The van der Waals surface area contributed by atoms with Crippen LogP contribution >= 0.6 is 11.8 Å². The van der Waals surface area contributed by atoms with Crippen molar-refractivity contribution in [2.45, 2.75) is 18.6 Å². The van der Waals surface area contributed by atoms with Gasteiger partial charge in [-0.1, -0.05) is 30.3 Å². The zero-order valence-electron chi connectivity index (χ0n) is 9.98. The monoisotopic (exact) mass is 237 g/mol. The number of amides is 1. The highest BCUT2D eigenvalue weighted by Crippen LogP contribution is 2.13. The van der Waals surface area contributed by atoms with E-state index in [1.165, 1.54) is 5.56 Å². The second kappa shape index (κ2) is 7.34. The van der Waals surface area contributed by atoms with Gasteiger partial charge in [0.15, 0.2) is 0 Å². The largest absolute Gasteiger partial charge is 0.349 e. The Morgan fingerprint density at radius 2 is 1.94 bits per heavy atom. The van der Waals surface area contributed by atoms with Crippen LogP contribution in [-0.2, 0) is 10.5 Å². The van der Waals surface area contributed by atoms with E-state index in [-0.39, 0.29) is 5.91 Å². The first kappa shape index (κ1) is 13.1. The number of hydrogen-bond donors (Lipinski definition) is 0. The van der Waals surface area contributed by atoms with E-state index in [4.69, 9.17) is 0 Å². The first-order valence-electron chi connectivity index (χ1n) is 5.52. The predicted octanol–water partition coefficient (Wildman–Crippen LogP) is 2.79. The molecule has 1 amide bonds. The van der Waals surface area contributed by atoms with Crippen LogP contribution in [0.3, 0.4) is 0 Å². The third kappa shape index (κ3) is 5.21. The van der Waals surface area contributed by atoms with E-state index in [2.05, 4.69) is 24.3 Å². The van der Waals surface area contributed by atoms with Gasteiger partial charge in [-0.05, 0) is 17.7 Å². The predicted molar refractivity (Wildman–Crippen MR) is 70.5 cm³/mol. The van der Waals surface area contributed by atoms with Gasteiger partial charge in [-0.2, -0.15) is 11.8 Å². The van der Waals surface area contributed by atoms with Crippen molar-refractivity contribution in [2.75, 3.05) is 19.8 Å². The minimum absolute atomic E-state index is 0.223. The quantitative estimate of drug-likeness (QED) is 0.709. The average Bonchev–Trinajstić information content (AvgIpc) is 2.29. The summed E-state index contributed by atoms with van der Waals surface area (Å²) in [6, 6.07) is 10.4. The highest BCUT2D eigenvalue weighted by atomic mass is 32.2. The fourth-order valence-corrected chi connectivity index (χ4v) is 2.23. The molecule has 0 atom stereocenters. The molecule has 3 heteroatoms. The van der Waals surface area contributed by atoms with Crippen molar-refractivity contribution >= 4 is 17.7 Å². The summed E-state index contributed by atoms with van der Waals surface area (Å²) in [4.78, 5) is 12.9. The summed E-state index contributed by atoms with van der Waals surface area (Å²) in [5, 5.41) is 0. The molecular formula is C13H19NOS. The molecule has 0 unspecified atom stereocenters. The lowest BCUT2D eigenvalue weighted by Crippen LogP contribution is -2.21. The van der Waals surface area contributed by atoms with E-state index in [1.807, 2.05) is 17.8 Å². The third-order valence-electron chi connectivity index (χ3n) is 2.29. The standard InChI is InChI=1S/C13H19NOS/c1-14(2)13(15)9-6-10-16-11-12-7-4-3-5-8-12/h3-5,7-8H,6,9-11H2,1-2H3. The molecule has 88 valence electrons. The Balaban J connectivity index is 2.07. The lowest BCUT2D eigenvalue weighted by atomic mass is 10.2. The molecule has 2 nitrogen and oxygen atoms in total. The summed E-state index contributed by atoms with van der Waals surface area (Å²) >= 11 is 1.89. The molecule has 0 aliphatic heterocycles. The molecule has 0 bridgehead atoms. The van der Waals surface area contributed by atoms with Crippen molar-refractivity contribution in [3.8, 4) is 0 Å². The van der Waals surface area contributed by atoms with Crippen molar-refractivity contribution in [2.24, 2.45) is 0 Å². The van der Waals surface area contributed by atoms with Crippen molar-refractivity contribution < 1.29 is 4.79 Å². The first-order valence-corrected chi connectivity index (χ1v) is 6.67. The van der Waals surface area contributed by atoms with Crippen molar-refractivity contribution in [3.05, 3.63) is 35.9 Å². The maximum Gasteiger partial charge on any atom is 0.222 e. The van der Waals surface area contributed by atoms with E-state index in [0.29, 0.717) is 6.42 Å². The SMILES string of the molecule is CN(C)C(=O)CCCSCc1ccccc1. The number of hydrogen-bond acceptors (Lipinski definition) is 2. The Bertz CT molecular complexity index is 311. The van der Waals surface area contributed by atoms with Crippen LogP contribution in [0, 0.1) is 0 Å². The molecule has 0 aromatic heterocycles. The molecule has 1 rings (SSSR count). The molecule has 1 aromatic carbocycles. The van der Waals surface area contributed by atoms with Gasteiger partial charge < -0.3 is 4.90 Å². The summed E-state index contributed by atoms with van der Waals surface area (Å²) in [7, 11) is 3.61. The van der Waals surface area contributed by atoms with E-state index in [0.717, 1.165) is 17.9 Å². The van der Waals surface area contributed by atoms with E-state index < -0.39 is 0 Å². The second-order valence-electron chi connectivity index (χ2n) is 3.93. The highest BCUT2D eigenvalue weighted by Gasteiger charge is 2.02. The molecule has 0 heterocycles. The summed E-state index contributed by atoms with van der Waals surface area (Å²) in [6.07, 6.45) is 1.63. The fraction of sp³-hybridized carbons (Fsp3) is 0.462. The number of carbonyl (C=O) groups is 1.